The van der Waals surface area contributed by atoms with Gasteiger partial charge in [0.05, 0.1) is 12.8 Å². The highest BCUT2D eigenvalue weighted by Gasteiger charge is 2.04. The Balaban J connectivity index is 1.78. The van der Waals surface area contributed by atoms with E-state index in [1.54, 1.807) is 0 Å². The van der Waals surface area contributed by atoms with E-state index in [0.717, 1.165) is 27.9 Å². The normalized spacial score (nSPS) is 10.4. The zero-order valence-electron chi connectivity index (χ0n) is 13.6. The lowest BCUT2D eigenvalue weighted by molar-refractivity contribution is -0.140. The summed E-state index contributed by atoms with van der Waals surface area (Å²) in [7, 11) is 1.42. The van der Waals surface area contributed by atoms with E-state index in [-0.39, 0.29) is 5.97 Å². The van der Waals surface area contributed by atoms with Crippen molar-refractivity contribution in [2.45, 2.75) is 12.8 Å². The van der Waals surface area contributed by atoms with E-state index < -0.39 is 0 Å². The zero-order valence-corrected chi connectivity index (χ0v) is 13.6. The second-order valence-corrected chi connectivity index (χ2v) is 5.57. The lowest BCUT2D eigenvalue weighted by Gasteiger charge is -2.07. The fourth-order valence-electron chi connectivity index (χ4n) is 2.59. The van der Waals surface area contributed by atoms with E-state index in [2.05, 4.69) is 52.2 Å². The van der Waals surface area contributed by atoms with Gasteiger partial charge in [0.25, 0.3) is 0 Å². The SMILES string of the molecule is COC(=O)CCc1ccc(-c2ccnc(-c3ccccc3)c2)cc1. The summed E-state index contributed by atoms with van der Waals surface area (Å²) in [6.45, 7) is 0. The quantitative estimate of drug-likeness (QED) is 0.649. The molecule has 0 saturated heterocycles. The van der Waals surface area contributed by atoms with Crippen LogP contribution < -0.4 is 0 Å². The average molecular weight is 317 g/mol. The molecule has 120 valence electrons. The van der Waals surface area contributed by atoms with Gasteiger partial charge < -0.3 is 4.74 Å². The van der Waals surface area contributed by atoms with Gasteiger partial charge in [-0.05, 0) is 35.2 Å². The number of hydrogen-bond acceptors (Lipinski definition) is 3. The van der Waals surface area contributed by atoms with Gasteiger partial charge in [-0.3, -0.25) is 9.78 Å². The molecule has 0 atom stereocenters. The van der Waals surface area contributed by atoms with Crippen LogP contribution in [0.1, 0.15) is 12.0 Å². The highest BCUT2D eigenvalue weighted by atomic mass is 16.5. The van der Waals surface area contributed by atoms with Crippen LogP contribution in [-0.4, -0.2) is 18.1 Å². The third-order valence-electron chi connectivity index (χ3n) is 3.96. The molecule has 0 spiro atoms. The Morgan fingerprint density at radius 1 is 0.917 bits per heavy atom. The fraction of sp³-hybridized carbons (Fsp3) is 0.143. The molecular formula is C21H19NO2. The molecule has 0 radical (unpaired) electrons. The van der Waals surface area contributed by atoms with Crippen LogP contribution >= 0.6 is 0 Å². The Morgan fingerprint density at radius 3 is 2.38 bits per heavy atom. The van der Waals surface area contributed by atoms with Crippen LogP contribution in [0.2, 0.25) is 0 Å². The molecule has 3 heteroatoms. The summed E-state index contributed by atoms with van der Waals surface area (Å²) in [4.78, 5) is 15.7. The highest BCUT2D eigenvalue weighted by molar-refractivity contribution is 5.71. The highest BCUT2D eigenvalue weighted by Crippen LogP contribution is 2.24. The largest absolute Gasteiger partial charge is 0.469 e. The molecule has 0 amide bonds. The molecule has 0 bridgehead atoms. The summed E-state index contributed by atoms with van der Waals surface area (Å²) < 4.78 is 4.67. The van der Waals surface area contributed by atoms with Gasteiger partial charge in [-0.2, -0.15) is 0 Å². The minimum Gasteiger partial charge on any atom is -0.469 e. The van der Waals surface area contributed by atoms with Crippen molar-refractivity contribution in [1.29, 1.82) is 0 Å². The van der Waals surface area contributed by atoms with E-state index >= 15 is 0 Å². The molecule has 3 nitrogen and oxygen atoms in total. The van der Waals surface area contributed by atoms with E-state index in [4.69, 9.17) is 0 Å². The number of esters is 1. The summed E-state index contributed by atoms with van der Waals surface area (Å²) in [6.07, 6.45) is 2.94. The van der Waals surface area contributed by atoms with Crippen molar-refractivity contribution in [3.63, 3.8) is 0 Å². The Hall–Kier alpha value is -2.94. The molecule has 1 aromatic heterocycles. The van der Waals surface area contributed by atoms with Crippen LogP contribution in [0.5, 0.6) is 0 Å². The van der Waals surface area contributed by atoms with Crippen molar-refractivity contribution in [1.82, 2.24) is 4.98 Å². The average Bonchev–Trinajstić information content (AvgIpc) is 2.67. The van der Waals surface area contributed by atoms with Crippen molar-refractivity contribution in [2.75, 3.05) is 7.11 Å². The van der Waals surface area contributed by atoms with Gasteiger partial charge in [0.1, 0.15) is 0 Å². The van der Waals surface area contributed by atoms with E-state index in [1.165, 1.54) is 7.11 Å². The maximum Gasteiger partial charge on any atom is 0.305 e. The number of rotatable bonds is 5. The molecular weight excluding hydrogens is 298 g/mol. The number of aryl methyl sites for hydroxylation is 1. The molecule has 0 aliphatic rings. The molecule has 0 aliphatic carbocycles. The monoisotopic (exact) mass is 317 g/mol. The topological polar surface area (TPSA) is 39.2 Å². The first-order chi connectivity index (χ1) is 11.8. The lowest BCUT2D eigenvalue weighted by atomic mass is 10.0. The second kappa shape index (κ2) is 7.55. The molecule has 24 heavy (non-hydrogen) atoms. The summed E-state index contributed by atoms with van der Waals surface area (Å²) in [6, 6.07) is 22.5. The van der Waals surface area contributed by atoms with Gasteiger partial charge in [-0.1, -0.05) is 54.6 Å². The van der Waals surface area contributed by atoms with Gasteiger partial charge in [-0.15, -0.1) is 0 Å². The Morgan fingerprint density at radius 2 is 1.67 bits per heavy atom. The number of benzene rings is 2. The van der Waals surface area contributed by atoms with Gasteiger partial charge in [0.2, 0.25) is 0 Å². The number of carbonyl (C=O) groups is 1. The fourth-order valence-corrected chi connectivity index (χ4v) is 2.59. The Kier molecular flexibility index (Phi) is 5.02. The Bertz CT molecular complexity index is 811. The van der Waals surface area contributed by atoms with E-state index in [0.29, 0.717) is 12.8 Å². The minimum atomic E-state index is -0.180. The maximum atomic E-state index is 11.2. The third kappa shape index (κ3) is 3.87. The standard InChI is InChI=1S/C21H19NO2/c1-24-21(23)12-9-16-7-10-17(11-8-16)19-13-14-22-20(15-19)18-5-3-2-4-6-18/h2-8,10-11,13-15H,9,12H2,1H3. The summed E-state index contributed by atoms with van der Waals surface area (Å²) >= 11 is 0. The van der Waals surface area contributed by atoms with Crippen LogP contribution in [0.3, 0.4) is 0 Å². The number of hydrogen-bond donors (Lipinski definition) is 0. The molecule has 0 aliphatic heterocycles. The Labute approximate surface area is 142 Å². The molecule has 3 rings (SSSR count). The first-order valence-corrected chi connectivity index (χ1v) is 7.94. The van der Waals surface area contributed by atoms with Crippen molar-refractivity contribution in [3.8, 4) is 22.4 Å². The molecule has 0 unspecified atom stereocenters. The number of ether oxygens (including phenoxy) is 1. The van der Waals surface area contributed by atoms with Crippen molar-refractivity contribution < 1.29 is 9.53 Å². The number of pyridine rings is 1. The summed E-state index contributed by atoms with van der Waals surface area (Å²) in [5.74, 6) is -0.180. The number of methoxy groups -OCH3 is 1. The lowest BCUT2D eigenvalue weighted by Crippen LogP contribution is -2.01. The van der Waals surface area contributed by atoms with Gasteiger partial charge in [0.15, 0.2) is 0 Å². The van der Waals surface area contributed by atoms with Crippen molar-refractivity contribution >= 4 is 5.97 Å². The van der Waals surface area contributed by atoms with Crippen LogP contribution in [0, 0.1) is 0 Å². The van der Waals surface area contributed by atoms with Crippen LogP contribution in [0.25, 0.3) is 22.4 Å². The van der Waals surface area contributed by atoms with Crippen molar-refractivity contribution in [2.24, 2.45) is 0 Å². The first kappa shape index (κ1) is 15.9. The van der Waals surface area contributed by atoms with Gasteiger partial charge >= 0.3 is 5.97 Å². The van der Waals surface area contributed by atoms with E-state index in [1.807, 2.05) is 30.5 Å². The van der Waals surface area contributed by atoms with Crippen molar-refractivity contribution in [3.05, 3.63) is 78.5 Å². The zero-order chi connectivity index (χ0) is 16.8. The predicted molar refractivity (Wildman–Crippen MR) is 95.4 cm³/mol. The van der Waals surface area contributed by atoms with Gasteiger partial charge in [0, 0.05) is 18.2 Å². The summed E-state index contributed by atoms with van der Waals surface area (Å²) in [5, 5.41) is 0. The second-order valence-electron chi connectivity index (χ2n) is 5.57. The first-order valence-electron chi connectivity index (χ1n) is 7.94. The molecule has 0 saturated carbocycles. The molecule has 2 aromatic carbocycles. The number of nitrogens with zero attached hydrogens (tertiary/aromatic N) is 1. The predicted octanol–water partition coefficient (Wildman–Crippen LogP) is 4.52. The van der Waals surface area contributed by atoms with Crippen LogP contribution in [0.15, 0.2) is 72.9 Å². The molecule has 0 N–H and O–H groups in total. The molecule has 0 fully saturated rings. The molecule has 3 aromatic rings. The maximum absolute atomic E-state index is 11.2. The smallest absolute Gasteiger partial charge is 0.305 e. The van der Waals surface area contributed by atoms with Gasteiger partial charge in [-0.25, -0.2) is 0 Å². The number of carbonyl (C=O) groups excluding carboxylic acids is 1. The third-order valence-corrected chi connectivity index (χ3v) is 3.96. The van der Waals surface area contributed by atoms with E-state index in [9.17, 15) is 4.79 Å². The van der Waals surface area contributed by atoms with Crippen LogP contribution in [-0.2, 0) is 16.0 Å². The minimum absolute atomic E-state index is 0.180. The summed E-state index contributed by atoms with van der Waals surface area (Å²) in [5.41, 5.74) is 5.46. The molecule has 1 heterocycles. The number of aromatic nitrogens is 1. The van der Waals surface area contributed by atoms with Crippen LogP contribution in [0.4, 0.5) is 0 Å².